The number of alkyl halides is 2. The van der Waals surface area contributed by atoms with Gasteiger partial charge in [0, 0.05) is 18.0 Å². The standard InChI is InChI=1S/C13H11F2N5O/c14-11(15)8-20-5-4-12(19-20)18-13(21)17-10-3-1-2-9(6-10)7-16/h1-6,11H,8H2,(H2,17,18,19,21). The number of hydrogen-bond acceptors (Lipinski definition) is 3. The minimum Gasteiger partial charge on any atom is -0.308 e. The zero-order chi connectivity index (χ0) is 15.2. The van der Waals surface area contributed by atoms with E-state index in [9.17, 15) is 13.6 Å². The van der Waals surface area contributed by atoms with Crippen molar-refractivity contribution < 1.29 is 13.6 Å². The molecule has 1 heterocycles. The lowest BCUT2D eigenvalue weighted by atomic mass is 10.2. The zero-order valence-electron chi connectivity index (χ0n) is 10.8. The first-order valence-corrected chi connectivity index (χ1v) is 5.96. The summed E-state index contributed by atoms with van der Waals surface area (Å²) in [6, 6.07) is 9.15. The van der Waals surface area contributed by atoms with Gasteiger partial charge in [0.05, 0.1) is 11.6 Å². The largest absolute Gasteiger partial charge is 0.324 e. The zero-order valence-corrected chi connectivity index (χ0v) is 10.8. The van der Waals surface area contributed by atoms with Crippen LogP contribution in [0.1, 0.15) is 5.56 Å². The number of aromatic nitrogens is 2. The molecular weight excluding hydrogens is 280 g/mol. The molecule has 2 rings (SSSR count). The maximum Gasteiger partial charge on any atom is 0.324 e. The Kier molecular flexibility index (Phi) is 4.46. The maximum atomic E-state index is 12.2. The molecule has 21 heavy (non-hydrogen) atoms. The fourth-order valence-corrected chi connectivity index (χ4v) is 1.62. The summed E-state index contributed by atoms with van der Waals surface area (Å²) < 4.78 is 25.4. The van der Waals surface area contributed by atoms with Gasteiger partial charge in [0.15, 0.2) is 5.82 Å². The molecule has 0 saturated carbocycles. The van der Waals surface area contributed by atoms with E-state index in [-0.39, 0.29) is 5.82 Å². The Labute approximate surface area is 119 Å². The number of anilines is 2. The van der Waals surface area contributed by atoms with Crippen molar-refractivity contribution in [1.29, 1.82) is 5.26 Å². The second kappa shape index (κ2) is 6.47. The molecule has 0 aliphatic rings. The third kappa shape index (κ3) is 4.28. The Morgan fingerprint density at radius 3 is 2.90 bits per heavy atom. The normalized spacial score (nSPS) is 10.2. The summed E-state index contributed by atoms with van der Waals surface area (Å²) in [4.78, 5) is 11.7. The highest BCUT2D eigenvalue weighted by molar-refractivity contribution is 5.99. The third-order valence-electron chi connectivity index (χ3n) is 2.46. The molecule has 108 valence electrons. The molecule has 0 fully saturated rings. The number of urea groups is 1. The quantitative estimate of drug-likeness (QED) is 0.908. The molecule has 0 aliphatic heterocycles. The van der Waals surface area contributed by atoms with Crippen molar-refractivity contribution in [3.05, 3.63) is 42.1 Å². The van der Waals surface area contributed by atoms with E-state index in [1.165, 1.54) is 18.3 Å². The number of hydrogen-bond donors (Lipinski definition) is 2. The van der Waals surface area contributed by atoms with Crippen LogP contribution < -0.4 is 10.6 Å². The molecular formula is C13H11F2N5O. The minimum absolute atomic E-state index is 0.157. The Hall–Kier alpha value is -2.95. The van der Waals surface area contributed by atoms with E-state index in [2.05, 4.69) is 15.7 Å². The van der Waals surface area contributed by atoms with Crippen LogP contribution in [0, 0.1) is 11.3 Å². The van der Waals surface area contributed by atoms with Crippen LogP contribution >= 0.6 is 0 Å². The summed E-state index contributed by atoms with van der Waals surface area (Å²) in [6.45, 7) is -0.534. The van der Waals surface area contributed by atoms with E-state index in [0.717, 1.165) is 4.68 Å². The minimum atomic E-state index is -2.51. The van der Waals surface area contributed by atoms with Gasteiger partial charge in [0.2, 0.25) is 0 Å². The van der Waals surface area contributed by atoms with E-state index < -0.39 is 19.0 Å². The van der Waals surface area contributed by atoms with Crippen molar-refractivity contribution in [2.24, 2.45) is 0 Å². The lowest BCUT2D eigenvalue weighted by Crippen LogP contribution is -2.20. The van der Waals surface area contributed by atoms with E-state index in [0.29, 0.717) is 11.3 Å². The number of nitrogens with one attached hydrogen (secondary N) is 2. The smallest absolute Gasteiger partial charge is 0.308 e. The molecule has 0 aliphatic carbocycles. The fourth-order valence-electron chi connectivity index (χ4n) is 1.62. The van der Waals surface area contributed by atoms with Crippen molar-refractivity contribution >= 4 is 17.5 Å². The number of rotatable bonds is 4. The SMILES string of the molecule is N#Cc1cccc(NC(=O)Nc2ccn(CC(F)F)n2)c1. The first kappa shape index (κ1) is 14.5. The van der Waals surface area contributed by atoms with Gasteiger partial charge in [-0.15, -0.1) is 0 Å². The first-order chi connectivity index (χ1) is 10.1. The van der Waals surface area contributed by atoms with Gasteiger partial charge in [-0.1, -0.05) is 6.07 Å². The topological polar surface area (TPSA) is 82.7 Å². The van der Waals surface area contributed by atoms with Gasteiger partial charge < -0.3 is 5.32 Å². The molecule has 0 spiro atoms. The van der Waals surface area contributed by atoms with Crippen LogP contribution in [0.2, 0.25) is 0 Å². The van der Waals surface area contributed by atoms with Crippen molar-refractivity contribution in [1.82, 2.24) is 9.78 Å². The van der Waals surface area contributed by atoms with Crippen LogP contribution in [0.3, 0.4) is 0 Å². The van der Waals surface area contributed by atoms with Gasteiger partial charge in [-0.25, -0.2) is 13.6 Å². The summed E-state index contributed by atoms with van der Waals surface area (Å²) in [5.41, 5.74) is 0.854. The van der Waals surface area contributed by atoms with Crippen LogP contribution in [0.15, 0.2) is 36.5 Å². The maximum absolute atomic E-state index is 12.2. The Morgan fingerprint density at radius 1 is 1.38 bits per heavy atom. The molecule has 8 heteroatoms. The van der Waals surface area contributed by atoms with Crippen molar-refractivity contribution in [3.63, 3.8) is 0 Å². The number of carbonyl (C=O) groups is 1. The number of amides is 2. The Bertz CT molecular complexity index is 677. The van der Waals surface area contributed by atoms with Gasteiger partial charge in [-0.05, 0) is 18.2 Å². The molecule has 1 aromatic heterocycles. The van der Waals surface area contributed by atoms with Gasteiger partial charge >= 0.3 is 6.03 Å². The molecule has 0 atom stereocenters. The summed E-state index contributed by atoms with van der Waals surface area (Å²) >= 11 is 0. The predicted molar refractivity (Wildman–Crippen MR) is 72.0 cm³/mol. The molecule has 0 bridgehead atoms. The van der Waals surface area contributed by atoms with E-state index >= 15 is 0 Å². The third-order valence-corrected chi connectivity index (χ3v) is 2.46. The first-order valence-electron chi connectivity index (χ1n) is 5.96. The van der Waals surface area contributed by atoms with Gasteiger partial charge in [0.25, 0.3) is 6.43 Å². The van der Waals surface area contributed by atoms with Crippen LogP contribution in [0.25, 0.3) is 0 Å². The van der Waals surface area contributed by atoms with E-state index in [4.69, 9.17) is 5.26 Å². The lowest BCUT2D eigenvalue weighted by molar-refractivity contribution is 0.122. The summed E-state index contributed by atoms with van der Waals surface area (Å²) in [5, 5.41) is 17.5. The highest BCUT2D eigenvalue weighted by atomic mass is 19.3. The van der Waals surface area contributed by atoms with Crippen LogP contribution in [0.4, 0.5) is 25.1 Å². The van der Waals surface area contributed by atoms with Crippen LogP contribution in [0.5, 0.6) is 0 Å². The molecule has 2 amide bonds. The average Bonchev–Trinajstić information content (AvgIpc) is 2.85. The predicted octanol–water partition coefficient (Wildman–Crippen LogP) is 2.66. The highest BCUT2D eigenvalue weighted by Gasteiger charge is 2.08. The van der Waals surface area contributed by atoms with Gasteiger partial charge in [-0.2, -0.15) is 10.4 Å². The summed E-state index contributed by atoms with van der Waals surface area (Å²) in [6.07, 6.45) is -1.17. The number of benzene rings is 1. The monoisotopic (exact) mass is 291 g/mol. The Balaban J connectivity index is 1.95. The molecule has 2 N–H and O–H groups in total. The number of nitrogens with zero attached hydrogens (tertiary/aromatic N) is 3. The van der Waals surface area contributed by atoms with Crippen molar-refractivity contribution in [3.8, 4) is 6.07 Å². The van der Waals surface area contributed by atoms with Crippen LogP contribution in [-0.2, 0) is 6.54 Å². The molecule has 0 saturated heterocycles. The summed E-state index contributed by atoms with van der Waals surface area (Å²) in [5.74, 6) is 0.157. The number of halogens is 2. The van der Waals surface area contributed by atoms with Crippen LogP contribution in [-0.4, -0.2) is 22.2 Å². The second-order valence-corrected chi connectivity index (χ2v) is 4.09. The molecule has 1 aromatic carbocycles. The second-order valence-electron chi connectivity index (χ2n) is 4.09. The van der Waals surface area contributed by atoms with E-state index in [1.54, 1.807) is 18.2 Å². The number of nitriles is 1. The summed E-state index contributed by atoms with van der Waals surface area (Å²) in [7, 11) is 0. The van der Waals surface area contributed by atoms with Gasteiger partial charge in [0.1, 0.15) is 6.54 Å². The van der Waals surface area contributed by atoms with Crippen molar-refractivity contribution in [2.75, 3.05) is 10.6 Å². The number of carbonyl (C=O) groups excluding carboxylic acids is 1. The average molecular weight is 291 g/mol. The molecule has 6 nitrogen and oxygen atoms in total. The highest BCUT2D eigenvalue weighted by Crippen LogP contribution is 2.11. The lowest BCUT2D eigenvalue weighted by Gasteiger charge is -2.05. The fraction of sp³-hybridized carbons (Fsp3) is 0.154. The van der Waals surface area contributed by atoms with Crippen molar-refractivity contribution in [2.45, 2.75) is 13.0 Å². The molecule has 0 unspecified atom stereocenters. The molecule has 0 radical (unpaired) electrons. The Morgan fingerprint density at radius 2 is 2.19 bits per heavy atom. The van der Waals surface area contributed by atoms with Gasteiger partial charge in [-0.3, -0.25) is 10.00 Å². The van der Waals surface area contributed by atoms with E-state index in [1.807, 2.05) is 6.07 Å². The molecule has 2 aromatic rings.